The van der Waals surface area contributed by atoms with Crippen molar-refractivity contribution in [1.29, 1.82) is 0 Å². The zero-order valence-electron chi connectivity index (χ0n) is 11.3. The Labute approximate surface area is 114 Å². The van der Waals surface area contributed by atoms with Crippen molar-refractivity contribution < 1.29 is 17.7 Å². The SMILES string of the molecule is CO[C@@H]1CCCC[C@H]1c1cc(C)ccc1S(=O)(=O)O. The summed E-state index contributed by atoms with van der Waals surface area (Å²) < 4.78 is 37.9. The lowest BCUT2D eigenvalue weighted by Gasteiger charge is -2.31. The first kappa shape index (κ1) is 14.5. The molecule has 1 aromatic rings. The first-order valence-corrected chi connectivity index (χ1v) is 7.98. The molecule has 1 aromatic carbocycles. The molecule has 0 spiro atoms. The Balaban J connectivity index is 2.50. The summed E-state index contributed by atoms with van der Waals surface area (Å²) in [6, 6.07) is 5.05. The molecule has 0 bridgehead atoms. The van der Waals surface area contributed by atoms with Crippen molar-refractivity contribution in [2.45, 2.75) is 49.5 Å². The van der Waals surface area contributed by atoms with Crippen LogP contribution in [-0.4, -0.2) is 26.2 Å². The fourth-order valence-electron chi connectivity index (χ4n) is 2.93. The number of hydrogen-bond acceptors (Lipinski definition) is 3. The van der Waals surface area contributed by atoms with Crippen LogP contribution in [0.4, 0.5) is 0 Å². The summed E-state index contributed by atoms with van der Waals surface area (Å²) in [5, 5.41) is 0. The summed E-state index contributed by atoms with van der Waals surface area (Å²) in [5.74, 6) is 0.0376. The van der Waals surface area contributed by atoms with E-state index in [-0.39, 0.29) is 16.9 Å². The predicted octanol–water partition coefficient (Wildman–Crippen LogP) is 2.91. The van der Waals surface area contributed by atoms with Crippen molar-refractivity contribution in [2.24, 2.45) is 0 Å². The van der Waals surface area contributed by atoms with Crippen molar-refractivity contribution in [3.63, 3.8) is 0 Å². The molecule has 0 amide bonds. The second-order valence-corrected chi connectivity index (χ2v) is 6.57. The number of benzene rings is 1. The molecule has 2 rings (SSSR count). The van der Waals surface area contributed by atoms with Crippen LogP contribution in [0.1, 0.15) is 42.7 Å². The van der Waals surface area contributed by atoms with Crippen LogP contribution in [0.3, 0.4) is 0 Å². The van der Waals surface area contributed by atoms with E-state index in [1.54, 1.807) is 13.2 Å². The molecule has 4 nitrogen and oxygen atoms in total. The third-order valence-corrected chi connectivity index (χ3v) is 4.78. The molecule has 5 heteroatoms. The summed E-state index contributed by atoms with van der Waals surface area (Å²) in [6.45, 7) is 1.92. The van der Waals surface area contributed by atoms with Crippen LogP contribution in [0.15, 0.2) is 23.1 Å². The summed E-state index contributed by atoms with van der Waals surface area (Å²) in [4.78, 5) is 0.0204. The molecule has 0 aliphatic heterocycles. The molecule has 0 unspecified atom stereocenters. The third kappa shape index (κ3) is 3.16. The van der Waals surface area contributed by atoms with E-state index in [0.29, 0.717) is 5.56 Å². The van der Waals surface area contributed by atoms with Crippen LogP contribution in [0.5, 0.6) is 0 Å². The molecule has 2 atom stereocenters. The highest BCUT2D eigenvalue weighted by Crippen LogP contribution is 2.38. The quantitative estimate of drug-likeness (QED) is 0.867. The van der Waals surface area contributed by atoms with E-state index in [0.717, 1.165) is 31.2 Å². The molecular weight excluding hydrogens is 264 g/mol. The number of ether oxygens (including phenoxy) is 1. The Morgan fingerprint density at radius 3 is 2.58 bits per heavy atom. The van der Waals surface area contributed by atoms with Gasteiger partial charge in [0.05, 0.1) is 11.0 Å². The number of aryl methyl sites for hydroxylation is 1. The van der Waals surface area contributed by atoms with Crippen LogP contribution < -0.4 is 0 Å². The van der Waals surface area contributed by atoms with Gasteiger partial charge in [-0.05, 0) is 31.4 Å². The van der Waals surface area contributed by atoms with E-state index in [2.05, 4.69) is 0 Å². The van der Waals surface area contributed by atoms with Crippen molar-refractivity contribution in [1.82, 2.24) is 0 Å². The maximum absolute atomic E-state index is 11.5. The Hall–Kier alpha value is -0.910. The highest BCUT2D eigenvalue weighted by Gasteiger charge is 2.30. The monoisotopic (exact) mass is 284 g/mol. The maximum atomic E-state index is 11.5. The van der Waals surface area contributed by atoms with Crippen LogP contribution in [0.2, 0.25) is 0 Å². The fraction of sp³-hybridized carbons (Fsp3) is 0.571. The molecule has 19 heavy (non-hydrogen) atoms. The minimum absolute atomic E-state index is 0.0204. The van der Waals surface area contributed by atoms with Crippen molar-refractivity contribution >= 4 is 10.1 Å². The van der Waals surface area contributed by atoms with E-state index in [9.17, 15) is 13.0 Å². The molecule has 106 valence electrons. The van der Waals surface area contributed by atoms with Crippen molar-refractivity contribution in [3.8, 4) is 0 Å². The molecule has 1 aliphatic rings. The Kier molecular flexibility index (Phi) is 4.28. The van der Waals surface area contributed by atoms with Gasteiger partial charge >= 0.3 is 0 Å². The first-order valence-electron chi connectivity index (χ1n) is 6.54. The van der Waals surface area contributed by atoms with Crippen molar-refractivity contribution in [2.75, 3.05) is 7.11 Å². The van der Waals surface area contributed by atoms with Gasteiger partial charge < -0.3 is 4.74 Å². The summed E-state index contributed by atoms with van der Waals surface area (Å²) >= 11 is 0. The molecule has 1 aliphatic carbocycles. The van der Waals surface area contributed by atoms with Gasteiger partial charge in [0, 0.05) is 13.0 Å². The first-order chi connectivity index (χ1) is 8.93. The average molecular weight is 284 g/mol. The number of methoxy groups -OCH3 is 1. The summed E-state index contributed by atoms with van der Waals surface area (Å²) in [6.07, 6.45) is 4.01. The largest absolute Gasteiger partial charge is 0.381 e. The van der Waals surface area contributed by atoms with Crippen LogP contribution in [0, 0.1) is 6.92 Å². The van der Waals surface area contributed by atoms with E-state index >= 15 is 0 Å². The smallest absolute Gasteiger partial charge is 0.294 e. The van der Waals surface area contributed by atoms with Gasteiger partial charge in [0.2, 0.25) is 0 Å². The van der Waals surface area contributed by atoms with Gasteiger partial charge in [-0.1, -0.05) is 30.5 Å². The van der Waals surface area contributed by atoms with Crippen molar-refractivity contribution in [3.05, 3.63) is 29.3 Å². The van der Waals surface area contributed by atoms with Crippen LogP contribution in [-0.2, 0) is 14.9 Å². The Morgan fingerprint density at radius 1 is 1.26 bits per heavy atom. The Bertz CT molecular complexity index is 551. The molecule has 0 aromatic heterocycles. The van der Waals surface area contributed by atoms with E-state index in [1.165, 1.54) is 6.07 Å². The predicted molar refractivity (Wildman–Crippen MR) is 73.0 cm³/mol. The van der Waals surface area contributed by atoms with Crippen LogP contribution in [0.25, 0.3) is 0 Å². The second-order valence-electron chi connectivity index (χ2n) is 5.18. The highest BCUT2D eigenvalue weighted by atomic mass is 32.2. The standard InChI is InChI=1S/C14H20O4S/c1-10-7-8-14(19(15,16)17)12(9-10)11-5-3-4-6-13(11)18-2/h7-9,11,13H,3-6H2,1-2H3,(H,15,16,17)/t11-,13+/m0/s1. The highest BCUT2D eigenvalue weighted by molar-refractivity contribution is 7.85. The minimum atomic E-state index is -4.19. The fourth-order valence-corrected chi connectivity index (χ4v) is 3.68. The van der Waals surface area contributed by atoms with E-state index < -0.39 is 10.1 Å². The summed E-state index contributed by atoms with van der Waals surface area (Å²) in [7, 11) is -2.53. The van der Waals surface area contributed by atoms with Gasteiger partial charge in [0.1, 0.15) is 0 Å². The van der Waals surface area contributed by atoms with E-state index in [1.807, 2.05) is 13.0 Å². The molecule has 1 fully saturated rings. The lowest BCUT2D eigenvalue weighted by molar-refractivity contribution is 0.0515. The molecule has 1 saturated carbocycles. The average Bonchev–Trinajstić information content (AvgIpc) is 2.37. The van der Waals surface area contributed by atoms with Gasteiger partial charge in [-0.15, -0.1) is 0 Å². The number of hydrogen-bond donors (Lipinski definition) is 1. The lowest BCUT2D eigenvalue weighted by Crippen LogP contribution is -2.26. The van der Waals surface area contributed by atoms with Gasteiger partial charge in [-0.25, -0.2) is 0 Å². The second kappa shape index (κ2) is 5.61. The molecule has 0 radical (unpaired) electrons. The van der Waals surface area contributed by atoms with Gasteiger partial charge in [0.25, 0.3) is 10.1 Å². The number of rotatable bonds is 3. The van der Waals surface area contributed by atoms with Gasteiger partial charge in [0.15, 0.2) is 0 Å². The van der Waals surface area contributed by atoms with Gasteiger partial charge in [-0.2, -0.15) is 8.42 Å². The summed E-state index contributed by atoms with van der Waals surface area (Å²) in [5.41, 5.74) is 1.68. The maximum Gasteiger partial charge on any atom is 0.294 e. The zero-order valence-corrected chi connectivity index (χ0v) is 12.1. The van der Waals surface area contributed by atoms with Gasteiger partial charge in [-0.3, -0.25) is 4.55 Å². The molecule has 1 N–H and O–H groups in total. The Morgan fingerprint density at radius 2 is 1.95 bits per heavy atom. The molecular formula is C14H20O4S. The topological polar surface area (TPSA) is 63.6 Å². The van der Waals surface area contributed by atoms with E-state index in [4.69, 9.17) is 4.74 Å². The molecule has 0 saturated heterocycles. The lowest BCUT2D eigenvalue weighted by atomic mass is 9.81. The minimum Gasteiger partial charge on any atom is -0.381 e. The molecule has 0 heterocycles. The van der Waals surface area contributed by atoms with Crippen LogP contribution >= 0.6 is 0 Å². The normalized spacial score (nSPS) is 24.4. The third-order valence-electron chi connectivity index (χ3n) is 3.85. The zero-order chi connectivity index (χ0) is 14.0.